The Morgan fingerprint density at radius 1 is 1.43 bits per heavy atom. The van der Waals surface area contributed by atoms with E-state index in [9.17, 15) is 8.42 Å². The third-order valence-corrected chi connectivity index (χ3v) is 3.95. The molecule has 0 spiro atoms. The van der Waals surface area contributed by atoms with Crippen LogP contribution in [0.15, 0.2) is 41.6 Å². The van der Waals surface area contributed by atoms with Gasteiger partial charge < -0.3 is 5.11 Å². The summed E-state index contributed by atoms with van der Waals surface area (Å²) in [5, 5.41) is 12.6. The van der Waals surface area contributed by atoms with Gasteiger partial charge in [-0.2, -0.15) is 5.10 Å². The van der Waals surface area contributed by atoms with Crippen LogP contribution in [0.1, 0.15) is 12.0 Å². The van der Waals surface area contributed by atoms with Gasteiger partial charge in [-0.25, -0.2) is 8.42 Å². The van der Waals surface area contributed by atoms with Crippen molar-refractivity contribution in [3.05, 3.63) is 42.2 Å². The number of nitrogens with zero attached hydrogens (tertiary/aromatic N) is 2. The number of hydrogen-bond acceptors (Lipinski definition) is 4. The van der Waals surface area contributed by atoms with E-state index in [0.29, 0.717) is 17.7 Å². The molecule has 1 aromatic carbocycles. The fraction of sp³-hybridized carbons (Fsp3) is 0.214. The lowest BCUT2D eigenvalue weighted by Gasteiger charge is -2.06. The monoisotopic (exact) mass is 305 g/mol. The second kappa shape index (κ2) is 6.43. The topological polar surface area (TPSA) is 84.2 Å². The molecule has 6 nitrogen and oxygen atoms in total. The van der Waals surface area contributed by atoms with Crippen LogP contribution in [0.5, 0.6) is 0 Å². The average molecular weight is 305 g/mol. The molecule has 21 heavy (non-hydrogen) atoms. The molecule has 0 radical (unpaired) electrons. The molecule has 0 amide bonds. The van der Waals surface area contributed by atoms with Gasteiger partial charge in [0.05, 0.1) is 23.4 Å². The van der Waals surface area contributed by atoms with E-state index in [1.807, 2.05) is 0 Å². The van der Waals surface area contributed by atoms with Crippen molar-refractivity contribution in [1.82, 2.24) is 9.78 Å². The number of rotatable bonds is 4. The van der Waals surface area contributed by atoms with Crippen molar-refractivity contribution in [2.24, 2.45) is 7.05 Å². The largest absolute Gasteiger partial charge is 0.395 e. The number of aliphatic hydroxyl groups excluding tert-OH is 1. The van der Waals surface area contributed by atoms with Gasteiger partial charge >= 0.3 is 0 Å². The van der Waals surface area contributed by atoms with Crippen molar-refractivity contribution >= 4 is 15.7 Å². The quantitative estimate of drug-likeness (QED) is 0.824. The van der Waals surface area contributed by atoms with Crippen molar-refractivity contribution in [3.63, 3.8) is 0 Å². The molecule has 0 bridgehead atoms. The SMILES string of the molecule is Cn1cc(NS(=O)(=O)c2cccc(C#CCCO)c2)cn1. The highest BCUT2D eigenvalue weighted by molar-refractivity contribution is 7.92. The number of benzene rings is 1. The van der Waals surface area contributed by atoms with Crippen molar-refractivity contribution in [3.8, 4) is 11.8 Å². The third kappa shape index (κ3) is 4.08. The van der Waals surface area contributed by atoms with Gasteiger partial charge in [0.15, 0.2) is 0 Å². The number of sulfonamides is 1. The minimum Gasteiger partial charge on any atom is -0.395 e. The summed E-state index contributed by atoms with van der Waals surface area (Å²) in [6.45, 7) is -0.0203. The van der Waals surface area contributed by atoms with Gasteiger partial charge in [0.25, 0.3) is 10.0 Å². The summed E-state index contributed by atoms with van der Waals surface area (Å²) in [6, 6.07) is 6.33. The molecule has 1 aromatic heterocycles. The van der Waals surface area contributed by atoms with E-state index in [4.69, 9.17) is 5.11 Å². The first-order valence-electron chi connectivity index (χ1n) is 6.22. The van der Waals surface area contributed by atoms with Gasteiger partial charge in [-0.05, 0) is 18.2 Å². The standard InChI is InChI=1S/C14H15N3O3S/c1-17-11-13(10-15-17)16-21(19,20)14-7-4-6-12(9-14)5-2-3-8-18/h4,6-7,9-11,16,18H,3,8H2,1H3. The minimum absolute atomic E-state index is 0.0203. The van der Waals surface area contributed by atoms with Gasteiger partial charge in [0, 0.05) is 25.2 Å². The lowest BCUT2D eigenvalue weighted by atomic mass is 10.2. The molecular formula is C14H15N3O3S. The first-order valence-corrected chi connectivity index (χ1v) is 7.71. The molecule has 1 heterocycles. The number of aliphatic hydroxyl groups is 1. The van der Waals surface area contributed by atoms with Crippen LogP contribution in [0.4, 0.5) is 5.69 Å². The molecule has 2 rings (SSSR count). The molecule has 2 N–H and O–H groups in total. The maximum atomic E-state index is 12.3. The van der Waals surface area contributed by atoms with Gasteiger partial charge in [0.2, 0.25) is 0 Å². The summed E-state index contributed by atoms with van der Waals surface area (Å²) < 4.78 is 28.5. The third-order valence-electron chi connectivity index (χ3n) is 2.57. The van der Waals surface area contributed by atoms with E-state index < -0.39 is 10.0 Å². The molecule has 0 saturated carbocycles. The van der Waals surface area contributed by atoms with E-state index in [1.165, 1.54) is 23.0 Å². The molecule has 110 valence electrons. The Morgan fingerprint density at radius 2 is 2.24 bits per heavy atom. The first-order chi connectivity index (χ1) is 10.0. The van der Waals surface area contributed by atoms with Crippen LogP contribution in [0, 0.1) is 11.8 Å². The van der Waals surface area contributed by atoms with Crippen LogP contribution >= 0.6 is 0 Å². The zero-order valence-corrected chi connectivity index (χ0v) is 12.3. The predicted octanol–water partition coefficient (Wildman–Crippen LogP) is 0.955. The lowest BCUT2D eigenvalue weighted by Crippen LogP contribution is -2.12. The summed E-state index contributed by atoms with van der Waals surface area (Å²) >= 11 is 0. The first kappa shape index (κ1) is 15.1. The van der Waals surface area contributed by atoms with Gasteiger partial charge in [0.1, 0.15) is 0 Å². The van der Waals surface area contributed by atoms with Crippen LogP contribution in [0.2, 0.25) is 0 Å². The highest BCUT2D eigenvalue weighted by atomic mass is 32.2. The second-order valence-electron chi connectivity index (χ2n) is 4.31. The van der Waals surface area contributed by atoms with Crippen molar-refractivity contribution in [2.75, 3.05) is 11.3 Å². The van der Waals surface area contributed by atoms with E-state index in [2.05, 4.69) is 21.7 Å². The fourth-order valence-corrected chi connectivity index (χ4v) is 2.72. The molecule has 0 aliphatic heterocycles. The Labute approximate surface area is 123 Å². The predicted molar refractivity (Wildman–Crippen MR) is 79.0 cm³/mol. The molecule has 0 saturated heterocycles. The number of hydrogen-bond donors (Lipinski definition) is 2. The van der Waals surface area contributed by atoms with E-state index in [0.717, 1.165) is 0 Å². The second-order valence-corrected chi connectivity index (χ2v) is 5.99. The average Bonchev–Trinajstić information content (AvgIpc) is 2.84. The van der Waals surface area contributed by atoms with Crippen LogP contribution in [0.3, 0.4) is 0 Å². The molecule has 0 fully saturated rings. The van der Waals surface area contributed by atoms with Crippen molar-refractivity contribution in [2.45, 2.75) is 11.3 Å². The van der Waals surface area contributed by atoms with Gasteiger partial charge in [-0.3, -0.25) is 9.40 Å². The Hall–Kier alpha value is -2.30. The highest BCUT2D eigenvalue weighted by Crippen LogP contribution is 2.16. The van der Waals surface area contributed by atoms with Gasteiger partial charge in [-0.1, -0.05) is 17.9 Å². The highest BCUT2D eigenvalue weighted by Gasteiger charge is 2.15. The molecule has 0 atom stereocenters. The summed E-state index contributed by atoms with van der Waals surface area (Å²) in [5.74, 6) is 5.56. The summed E-state index contributed by atoms with van der Waals surface area (Å²) in [5.41, 5.74) is 0.978. The minimum atomic E-state index is -3.67. The fourth-order valence-electron chi connectivity index (χ4n) is 1.65. The van der Waals surface area contributed by atoms with Crippen LogP contribution in [-0.2, 0) is 17.1 Å². The van der Waals surface area contributed by atoms with Crippen LogP contribution < -0.4 is 4.72 Å². The molecule has 7 heteroatoms. The van der Waals surface area contributed by atoms with Crippen LogP contribution in [0.25, 0.3) is 0 Å². The lowest BCUT2D eigenvalue weighted by molar-refractivity contribution is 0.305. The zero-order valence-electron chi connectivity index (χ0n) is 11.4. The van der Waals surface area contributed by atoms with Crippen molar-refractivity contribution in [1.29, 1.82) is 0 Å². The summed E-state index contributed by atoms with van der Waals surface area (Å²) in [4.78, 5) is 0.127. The Kier molecular flexibility index (Phi) is 4.62. The van der Waals surface area contributed by atoms with Crippen LogP contribution in [-0.4, -0.2) is 29.9 Å². The van der Waals surface area contributed by atoms with E-state index in [1.54, 1.807) is 25.4 Å². The summed E-state index contributed by atoms with van der Waals surface area (Å²) in [7, 11) is -1.97. The number of aromatic nitrogens is 2. The maximum Gasteiger partial charge on any atom is 0.262 e. The van der Waals surface area contributed by atoms with E-state index in [-0.39, 0.29) is 11.5 Å². The number of nitrogens with one attached hydrogen (secondary N) is 1. The summed E-state index contributed by atoms with van der Waals surface area (Å²) in [6.07, 6.45) is 3.36. The Bertz CT molecular complexity index is 785. The molecule has 0 aliphatic rings. The Morgan fingerprint density at radius 3 is 2.90 bits per heavy atom. The van der Waals surface area contributed by atoms with Gasteiger partial charge in [-0.15, -0.1) is 0 Å². The van der Waals surface area contributed by atoms with Crippen molar-refractivity contribution < 1.29 is 13.5 Å². The molecule has 0 aliphatic carbocycles. The molecule has 2 aromatic rings. The maximum absolute atomic E-state index is 12.3. The number of anilines is 1. The zero-order chi connectivity index (χ0) is 15.3. The Balaban J connectivity index is 2.24. The molecular weight excluding hydrogens is 290 g/mol. The normalized spacial score (nSPS) is 10.8. The number of aryl methyl sites for hydroxylation is 1. The van der Waals surface area contributed by atoms with E-state index >= 15 is 0 Å². The smallest absolute Gasteiger partial charge is 0.262 e. The molecule has 0 unspecified atom stereocenters.